The largest absolute Gasteiger partial charge is 0.352 e. The number of aryl methyl sites for hydroxylation is 1. The Morgan fingerprint density at radius 2 is 1.62 bits per heavy atom. The van der Waals surface area contributed by atoms with Gasteiger partial charge in [-0.3, -0.25) is 9.59 Å². The van der Waals surface area contributed by atoms with E-state index < -0.39 is 6.04 Å². The third kappa shape index (κ3) is 5.89. The molecule has 2 aromatic carbocycles. The van der Waals surface area contributed by atoms with Crippen LogP contribution < -0.4 is 5.32 Å². The van der Waals surface area contributed by atoms with Crippen LogP contribution >= 0.6 is 0 Å². The third-order valence-electron chi connectivity index (χ3n) is 5.61. The fraction of sp³-hybridized carbons (Fsp3) is 0.417. The van der Waals surface area contributed by atoms with Crippen LogP contribution in [0.1, 0.15) is 49.3 Å². The smallest absolute Gasteiger partial charge is 0.242 e. The number of halogens is 1. The molecule has 0 bridgehead atoms. The average molecular weight is 397 g/mol. The zero-order valence-electron chi connectivity index (χ0n) is 17.2. The van der Waals surface area contributed by atoms with Gasteiger partial charge in [-0.15, -0.1) is 0 Å². The minimum Gasteiger partial charge on any atom is -0.352 e. The van der Waals surface area contributed by atoms with Gasteiger partial charge < -0.3 is 10.2 Å². The molecule has 4 nitrogen and oxygen atoms in total. The van der Waals surface area contributed by atoms with Crippen molar-refractivity contribution in [1.82, 2.24) is 10.2 Å². The SMILES string of the molecule is Cc1ccc(CN(C(=O)Cc2ccc(F)cc2)C(C)C(=O)NC2CCCC2)cc1. The highest BCUT2D eigenvalue weighted by Gasteiger charge is 2.28. The van der Waals surface area contributed by atoms with E-state index in [9.17, 15) is 14.0 Å². The Balaban J connectivity index is 1.75. The molecule has 1 aliphatic carbocycles. The summed E-state index contributed by atoms with van der Waals surface area (Å²) in [5.41, 5.74) is 2.85. The molecule has 154 valence electrons. The van der Waals surface area contributed by atoms with E-state index >= 15 is 0 Å². The van der Waals surface area contributed by atoms with Crippen LogP contribution in [-0.4, -0.2) is 28.8 Å². The van der Waals surface area contributed by atoms with Gasteiger partial charge in [-0.05, 0) is 49.9 Å². The third-order valence-corrected chi connectivity index (χ3v) is 5.61. The molecule has 1 atom stereocenters. The summed E-state index contributed by atoms with van der Waals surface area (Å²) in [6.45, 7) is 4.15. The number of carbonyl (C=O) groups excluding carboxylic acids is 2. The second kappa shape index (κ2) is 9.68. The van der Waals surface area contributed by atoms with E-state index in [-0.39, 0.29) is 30.1 Å². The molecule has 0 saturated heterocycles. The Labute approximate surface area is 172 Å². The van der Waals surface area contributed by atoms with Gasteiger partial charge in [0, 0.05) is 12.6 Å². The molecule has 29 heavy (non-hydrogen) atoms. The van der Waals surface area contributed by atoms with E-state index in [2.05, 4.69) is 5.32 Å². The lowest BCUT2D eigenvalue weighted by Crippen LogP contribution is -2.50. The summed E-state index contributed by atoms with van der Waals surface area (Å²) < 4.78 is 13.2. The number of hydrogen-bond acceptors (Lipinski definition) is 2. The number of carbonyl (C=O) groups is 2. The molecule has 0 aromatic heterocycles. The number of hydrogen-bond donors (Lipinski definition) is 1. The van der Waals surface area contributed by atoms with Crippen LogP contribution in [0.15, 0.2) is 48.5 Å². The van der Waals surface area contributed by atoms with E-state index in [1.807, 2.05) is 31.2 Å². The summed E-state index contributed by atoms with van der Waals surface area (Å²) in [6.07, 6.45) is 4.40. The van der Waals surface area contributed by atoms with Gasteiger partial charge in [0.2, 0.25) is 11.8 Å². The van der Waals surface area contributed by atoms with Crippen molar-refractivity contribution in [3.8, 4) is 0 Å². The summed E-state index contributed by atoms with van der Waals surface area (Å²) in [5.74, 6) is -0.593. The lowest BCUT2D eigenvalue weighted by molar-refractivity contribution is -0.140. The van der Waals surface area contributed by atoms with Crippen molar-refractivity contribution in [1.29, 1.82) is 0 Å². The van der Waals surface area contributed by atoms with Crippen molar-refractivity contribution >= 4 is 11.8 Å². The second-order valence-corrected chi connectivity index (χ2v) is 7.98. The standard InChI is InChI=1S/C24H29FN2O2/c1-17-7-9-20(10-8-17)16-27(18(2)24(29)26-22-5-3-4-6-22)23(28)15-19-11-13-21(25)14-12-19/h7-14,18,22H,3-6,15-16H2,1-2H3,(H,26,29). The van der Waals surface area contributed by atoms with Crippen molar-refractivity contribution in [3.63, 3.8) is 0 Å². The second-order valence-electron chi connectivity index (χ2n) is 7.98. The topological polar surface area (TPSA) is 49.4 Å². The van der Waals surface area contributed by atoms with Crippen LogP contribution in [0.5, 0.6) is 0 Å². The molecular formula is C24H29FN2O2. The van der Waals surface area contributed by atoms with Crippen molar-refractivity contribution in [2.24, 2.45) is 0 Å². The number of nitrogens with zero attached hydrogens (tertiary/aromatic N) is 1. The molecule has 1 N–H and O–H groups in total. The molecule has 0 spiro atoms. The highest BCUT2D eigenvalue weighted by atomic mass is 19.1. The number of nitrogens with one attached hydrogen (secondary N) is 1. The molecule has 5 heteroatoms. The molecule has 1 unspecified atom stereocenters. The summed E-state index contributed by atoms with van der Waals surface area (Å²) in [5, 5.41) is 3.10. The predicted molar refractivity (Wildman–Crippen MR) is 112 cm³/mol. The van der Waals surface area contributed by atoms with Crippen molar-refractivity contribution in [2.75, 3.05) is 0 Å². The molecule has 1 aliphatic rings. The lowest BCUT2D eigenvalue weighted by Gasteiger charge is -2.30. The Morgan fingerprint density at radius 1 is 1.03 bits per heavy atom. The Morgan fingerprint density at radius 3 is 2.24 bits per heavy atom. The molecule has 1 saturated carbocycles. The first-order chi connectivity index (χ1) is 13.9. The van der Waals surface area contributed by atoms with Crippen molar-refractivity contribution in [3.05, 3.63) is 71.0 Å². The minimum absolute atomic E-state index is 0.114. The van der Waals surface area contributed by atoms with E-state index in [1.165, 1.54) is 12.1 Å². The zero-order chi connectivity index (χ0) is 20.8. The van der Waals surface area contributed by atoms with Crippen LogP contribution in [-0.2, 0) is 22.6 Å². The fourth-order valence-electron chi connectivity index (χ4n) is 3.74. The van der Waals surface area contributed by atoms with Crippen LogP contribution in [0.4, 0.5) is 4.39 Å². The summed E-state index contributed by atoms with van der Waals surface area (Å²) in [7, 11) is 0. The van der Waals surface area contributed by atoms with Gasteiger partial charge in [0.05, 0.1) is 6.42 Å². The van der Waals surface area contributed by atoms with E-state index in [0.29, 0.717) is 6.54 Å². The van der Waals surface area contributed by atoms with Crippen LogP contribution in [0, 0.1) is 12.7 Å². The maximum Gasteiger partial charge on any atom is 0.242 e. The molecule has 2 amide bonds. The van der Waals surface area contributed by atoms with Crippen molar-refractivity contribution < 1.29 is 14.0 Å². The Hall–Kier alpha value is -2.69. The number of amides is 2. The Kier molecular flexibility index (Phi) is 7.02. The maximum absolute atomic E-state index is 13.2. The van der Waals surface area contributed by atoms with E-state index in [1.54, 1.807) is 24.0 Å². The highest BCUT2D eigenvalue weighted by Crippen LogP contribution is 2.19. The average Bonchev–Trinajstić information content (AvgIpc) is 3.21. The number of benzene rings is 2. The number of rotatable bonds is 7. The van der Waals surface area contributed by atoms with Crippen molar-refractivity contribution in [2.45, 2.75) is 64.6 Å². The van der Waals surface area contributed by atoms with Gasteiger partial charge in [-0.2, -0.15) is 0 Å². The molecule has 0 heterocycles. The molecule has 0 aliphatic heterocycles. The van der Waals surface area contributed by atoms with Gasteiger partial charge >= 0.3 is 0 Å². The first kappa shape index (κ1) is 21.0. The molecule has 0 radical (unpaired) electrons. The van der Waals surface area contributed by atoms with Gasteiger partial charge in [0.1, 0.15) is 11.9 Å². The summed E-state index contributed by atoms with van der Waals surface area (Å²) in [4.78, 5) is 27.6. The lowest BCUT2D eigenvalue weighted by atomic mass is 10.1. The molecule has 1 fully saturated rings. The highest BCUT2D eigenvalue weighted by molar-refractivity contribution is 5.88. The van der Waals surface area contributed by atoms with E-state index in [4.69, 9.17) is 0 Å². The normalized spacial score (nSPS) is 15.1. The van der Waals surface area contributed by atoms with E-state index in [0.717, 1.165) is 42.4 Å². The fourth-order valence-corrected chi connectivity index (χ4v) is 3.74. The van der Waals surface area contributed by atoms with Gasteiger partial charge in [0.25, 0.3) is 0 Å². The van der Waals surface area contributed by atoms with Crippen LogP contribution in [0.2, 0.25) is 0 Å². The maximum atomic E-state index is 13.2. The summed E-state index contributed by atoms with van der Waals surface area (Å²) in [6, 6.07) is 13.5. The summed E-state index contributed by atoms with van der Waals surface area (Å²) >= 11 is 0. The quantitative estimate of drug-likeness (QED) is 0.764. The van der Waals surface area contributed by atoms with Gasteiger partial charge in [-0.1, -0.05) is 54.8 Å². The first-order valence-electron chi connectivity index (χ1n) is 10.3. The first-order valence-corrected chi connectivity index (χ1v) is 10.3. The van der Waals surface area contributed by atoms with Crippen LogP contribution in [0.3, 0.4) is 0 Å². The molecule has 3 rings (SSSR count). The zero-order valence-corrected chi connectivity index (χ0v) is 17.2. The predicted octanol–water partition coefficient (Wildman–Crippen LogP) is 4.15. The molecular weight excluding hydrogens is 367 g/mol. The Bertz CT molecular complexity index is 827. The van der Waals surface area contributed by atoms with Crippen LogP contribution in [0.25, 0.3) is 0 Å². The van der Waals surface area contributed by atoms with Gasteiger partial charge in [0.15, 0.2) is 0 Å². The monoisotopic (exact) mass is 396 g/mol. The molecule has 2 aromatic rings. The minimum atomic E-state index is -0.579. The van der Waals surface area contributed by atoms with Gasteiger partial charge in [-0.25, -0.2) is 4.39 Å².